The Morgan fingerprint density at radius 2 is 1.80 bits per heavy atom. The van der Waals surface area contributed by atoms with Crippen molar-refractivity contribution >= 4 is 17.3 Å². The summed E-state index contributed by atoms with van der Waals surface area (Å²) >= 11 is 0. The quantitative estimate of drug-likeness (QED) is 0.682. The van der Waals surface area contributed by atoms with Gasteiger partial charge in [-0.05, 0) is 24.3 Å². The molecule has 98 valence electrons. The zero-order chi connectivity index (χ0) is 13.9. The molecule has 0 amide bonds. The average Bonchev–Trinajstić information content (AvgIpc) is 2.49. The number of hydrogen-bond acceptors (Lipinski definition) is 4. The fourth-order valence-electron chi connectivity index (χ4n) is 1.92. The van der Waals surface area contributed by atoms with Crippen molar-refractivity contribution < 1.29 is 13.9 Å². The third kappa shape index (κ3) is 2.07. The van der Waals surface area contributed by atoms with E-state index < -0.39 is 0 Å². The molecular weight excluding hydrogens is 256 g/mol. The lowest BCUT2D eigenvalue weighted by atomic mass is 10.2. The summed E-state index contributed by atoms with van der Waals surface area (Å²) in [4.78, 5) is 22.8. The van der Waals surface area contributed by atoms with Gasteiger partial charge < -0.3 is 9.15 Å². The molecule has 0 spiro atoms. The molecule has 4 nitrogen and oxygen atoms in total. The van der Waals surface area contributed by atoms with Crippen molar-refractivity contribution in [1.82, 2.24) is 0 Å². The monoisotopic (exact) mass is 266 g/mol. The SMILES string of the molecule is O=Cc1coc2c(Oc3ccccc3)cccc2c1=O. The average molecular weight is 266 g/mol. The lowest BCUT2D eigenvalue weighted by Crippen LogP contribution is -2.07. The first-order valence-corrected chi connectivity index (χ1v) is 6.02. The van der Waals surface area contributed by atoms with Gasteiger partial charge in [0.15, 0.2) is 17.6 Å². The number of benzene rings is 2. The summed E-state index contributed by atoms with van der Waals surface area (Å²) in [5, 5.41) is 0.322. The van der Waals surface area contributed by atoms with E-state index in [0.717, 1.165) is 6.26 Å². The highest BCUT2D eigenvalue weighted by atomic mass is 16.5. The largest absolute Gasteiger partial charge is 0.459 e. The highest BCUT2D eigenvalue weighted by molar-refractivity contribution is 5.87. The normalized spacial score (nSPS) is 10.4. The minimum atomic E-state index is -0.361. The molecule has 0 aliphatic rings. The molecule has 0 N–H and O–H groups in total. The van der Waals surface area contributed by atoms with E-state index in [1.807, 2.05) is 18.2 Å². The van der Waals surface area contributed by atoms with E-state index in [1.54, 1.807) is 30.3 Å². The third-order valence-corrected chi connectivity index (χ3v) is 2.89. The van der Waals surface area contributed by atoms with Crippen LogP contribution in [0.25, 0.3) is 11.0 Å². The zero-order valence-electron chi connectivity index (χ0n) is 10.4. The van der Waals surface area contributed by atoms with E-state index in [9.17, 15) is 9.59 Å². The van der Waals surface area contributed by atoms with Gasteiger partial charge in [0.2, 0.25) is 5.43 Å². The number of hydrogen-bond donors (Lipinski definition) is 0. The molecule has 0 saturated heterocycles. The van der Waals surface area contributed by atoms with Crippen LogP contribution in [0.5, 0.6) is 11.5 Å². The molecule has 0 bridgehead atoms. The highest BCUT2D eigenvalue weighted by Crippen LogP contribution is 2.28. The summed E-state index contributed by atoms with van der Waals surface area (Å²) in [6.45, 7) is 0. The number of carbonyl (C=O) groups is 1. The molecule has 0 unspecified atom stereocenters. The van der Waals surface area contributed by atoms with Crippen molar-refractivity contribution in [2.45, 2.75) is 0 Å². The van der Waals surface area contributed by atoms with Gasteiger partial charge >= 0.3 is 0 Å². The van der Waals surface area contributed by atoms with Gasteiger partial charge in [-0.25, -0.2) is 0 Å². The zero-order valence-corrected chi connectivity index (χ0v) is 10.4. The Bertz CT molecular complexity index is 819. The molecule has 0 radical (unpaired) electrons. The van der Waals surface area contributed by atoms with Gasteiger partial charge in [-0.15, -0.1) is 0 Å². The van der Waals surface area contributed by atoms with Gasteiger partial charge in [-0.1, -0.05) is 24.3 Å². The van der Waals surface area contributed by atoms with Crippen LogP contribution in [0.3, 0.4) is 0 Å². The highest BCUT2D eigenvalue weighted by Gasteiger charge is 2.11. The minimum Gasteiger partial charge on any atom is -0.459 e. The molecule has 0 aliphatic heterocycles. The Balaban J connectivity index is 2.15. The lowest BCUT2D eigenvalue weighted by molar-refractivity contribution is 0.112. The number of fused-ring (bicyclic) bond motifs is 1. The fourth-order valence-corrected chi connectivity index (χ4v) is 1.92. The van der Waals surface area contributed by atoms with Crippen LogP contribution in [-0.2, 0) is 0 Å². The van der Waals surface area contributed by atoms with Gasteiger partial charge in [0.05, 0.1) is 10.9 Å². The maximum Gasteiger partial charge on any atom is 0.203 e. The van der Waals surface area contributed by atoms with Crippen LogP contribution < -0.4 is 10.2 Å². The molecule has 0 saturated carbocycles. The summed E-state index contributed by atoms with van der Waals surface area (Å²) in [6, 6.07) is 14.2. The predicted molar refractivity (Wildman–Crippen MR) is 74.4 cm³/mol. The molecule has 1 aromatic heterocycles. The molecular formula is C16H10O4. The second-order valence-electron chi connectivity index (χ2n) is 4.19. The van der Waals surface area contributed by atoms with Crippen molar-refractivity contribution in [2.24, 2.45) is 0 Å². The number of carbonyl (C=O) groups excluding carboxylic acids is 1. The van der Waals surface area contributed by atoms with Crippen LogP contribution in [0.4, 0.5) is 0 Å². The lowest BCUT2D eigenvalue weighted by Gasteiger charge is -2.07. The Morgan fingerprint density at radius 3 is 2.55 bits per heavy atom. The maximum atomic E-state index is 12.0. The molecule has 0 aliphatic carbocycles. The third-order valence-electron chi connectivity index (χ3n) is 2.89. The first-order valence-electron chi connectivity index (χ1n) is 6.02. The van der Waals surface area contributed by atoms with E-state index in [2.05, 4.69) is 0 Å². The van der Waals surface area contributed by atoms with Crippen molar-refractivity contribution in [1.29, 1.82) is 0 Å². The van der Waals surface area contributed by atoms with Crippen LogP contribution in [0.1, 0.15) is 10.4 Å². The van der Waals surface area contributed by atoms with Gasteiger partial charge in [-0.2, -0.15) is 0 Å². The standard InChI is InChI=1S/C16H10O4/c17-9-11-10-19-16-13(15(11)18)7-4-8-14(16)20-12-5-2-1-3-6-12/h1-10H. The van der Waals surface area contributed by atoms with Crippen molar-refractivity contribution in [2.75, 3.05) is 0 Å². The summed E-state index contributed by atoms with van der Waals surface area (Å²) in [5.41, 5.74) is -0.0407. The smallest absolute Gasteiger partial charge is 0.203 e. The van der Waals surface area contributed by atoms with Crippen molar-refractivity contribution in [3.8, 4) is 11.5 Å². The van der Waals surface area contributed by atoms with Crippen LogP contribution in [0, 0.1) is 0 Å². The summed E-state index contributed by atoms with van der Waals surface area (Å²) in [7, 11) is 0. The predicted octanol–water partition coefficient (Wildman–Crippen LogP) is 3.40. The molecule has 3 rings (SSSR count). The van der Waals surface area contributed by atoms with E-state index in [-0.39, 0.29) is 11.0 Å². The van der Waals surface area contributed by atoms with E-state index in [1.165, 1.54) is 0 Å². The molecule has 2 aromatic carbocycles. The Hall–Kier alpha value is -2.88. The van der Waals surface area contributed by atoms with Crippen molar-refractivity contribution in [3.63, 3.8) is 0 Å². The van der Waals surface area contributed by atoms with Gasteiger partial charge in [0.1, 0.15) is 12.0 Å². The maximum absolute atomic E-state index is 12.0. The topological polar surface area (TPSA) is 56.5 Å². The first-order chi connectivity index (χ1) is 9.79. The molecule has 1 heterocycles. The Kier molecular flexibility index (Phi) is 3.05. The first kappa shape index (κ1) is 12.2. The number of para-hydroxylation sites is 2. The second kappa shape index (κ2) is 5.01. The number of rotatable bonds is 3. The van der Waals surface area contributed by atoms with E-state index >= 15 is 0 Å². The number of ether oxygens (including phenoxy) is 1. The molecule has 20 heavy (non-hydrogen) atoms. The van der Waals surface area contributed by atoms with Crippen molar-refractivity contribution in [3.05, 3.63) is 70.6 Å². The molecule has 3 aromatic rings. The van der Waals surface area contributed by atoms with E-state index in [4.69, 9.17) is 9.15 Å². The van der Waals surface area contributed by atoms with E-state index in [0.29, 0.717) is 28.8 Å². The van der Waals surface area contributed by atoms with Crippen LogP contribution in [0.2, 0.25) is 0 Å². The Labute approximate surface area is 114 Å². The number of aldehydes is 1. The second-order valence-corrected chi connectivity index (χ2v) is 4.19. The minimum absolute atomic E-state index is 0.00522. The summed E-state index contributed by atoms with van der Waals surface area (Å²) < 4.78 is 11.1. The van der Waals surface area contributed by atoms with Crippen LogP contribution in [0.15, 0.2) is 64.0 Å². The fraction of sp³-hybridized carbons (Fsp3) is 0. The van der Waals surface area contributed by atoms with Gasteiger partial charge in [0.25, 0.3) is 0 Å². The van der Waals surface area contributed by atoms with Crippen LogP contribution in [-0.4, -0.2) is 6.29 Å². The molecule has 0 atom stereocenters. The van der Waals surface area contributed by atoms with Crippen LogP contribution >= 0.6 is 0 Å². The molecule has 0 fully saturated rings. The summed E-state index contributed by atoms with van der Waals surface area (Å²) in [5.74, 6) is 1.07. The van der Waals surface area contributed by atoms with Gasteiger partial charge in [0, 0.05) is 0 Å². The Morgan fingerprint density at radius 1 is 1.00 bits per heavy atom. The van der Waals surface area contributed by atoms with Gasteiger partial charge in [-0.3, -0.25) is 9.59 Å². The summed E-state index contributed by atoms with van der Waals surface area (Å²) in [6.07, 6.45) is 1.63. The molecule has 4 heteroatoms.